The van der Waals surface area contributed by atoms with Crippen molar-refractivity contribution >= 4 is 116 Å². The fourth-order valence-corrected chi connectivity index (χ4v) is 3.90. The predicted octanol–water partition coefficient (Wildman–Crippen LogP) is 8.23. The number of nitrogens with zero attached hydrogens (tertiary/aromatic N) is 7. The van der Waals surface area contributed by atoms with Crippen LogP contribution in [0.3, 0.4) is 0 Å². The molecule has 6 heterocycles. The third-order valence-corrected chi connectivity index (χ3v) is 5.89. The van der Waals surface area contributed by atoms with Crippen LogP contribution in [-0.4, -0.2) is 102 Å². The number of hydrogen-bond donors (Lipinski definition) is 1. The van der Waals surface area contributed by atoms with E-state index in [9.17, 15) is 0 Å². The van der Waals surface area contributed by atoms with Crippen LogP contribution in [0.1, 0.15) is 0 Å². The van der Waals surface area contributed by atoms with E-state index in [4.69, 9.17) is 37.7 Å². The Balaban J connectivity index is 0.000000275. The third-order valence-electron chi connectivity index (χ3n) is 5.89. The van der Waals surface area contributed by atoms with E-state index in [2.05, 4.69) is 49.6 Å². The topological polar surface area (TPSA) is 103 Å². The first-order chi connectivity index (χ1) is 23.7. The van der Waals surface area contributed by atoms with Crippen molar-refractivity contribution in [2.45, 2.75) is 0 Å². The monoisotopic (exact) mass is 1170 g/mol. The van der Waals surface area contributed by atoms with Gasteiger partial charge in [-0.3, -0.25) is 24.9 Å². The molecular formula is C32H27Cl5K2N8Pt2. The van der Waals surface area contributed by atoms with Gasteiger partial charge in [0, 0.05) is 56.0 Å². The number of pyridine rings is 6. The SMILES string of the molecule is CN=c1cc(-c2ccccn2)[n-]c(-c2ccccn2)c1.CNc1cc(-c2ccccn2)nc(-c2ccccn2)c1.[Cl][Pt+].[Cl][Pt]([Cl])([Cl])[Cl].[K][K]. The minimum atomic E-state index is -3.06. The summed E-state index contributed by atoms with van der Waals surface area (Å²) in [5.41, 5.74) is 7.61. The van der Waals surface area contributed by atoms with E-state index in [0.29, 0.717) is 0 Å². The van der Waals surface area contributed by atoms with Crippen LogP contribution in [0, 0.1) is 0 Å². The Morgan fingerprint density at radius 3 is 1.24 bits per heavy atom. The molecular weight excluding hydrogens is 1140 g/mol. The maximum absolute atomic E-state index is 5.01. The zero-order valence-corrected chi connectivity index (χ0v) is 41.3. The van der Waals surface area contributed by atoms with Gasteiger partial charge in [-0.05, 0) is 72.8 Å². The van der Waals surface area contributed by atoms with Crippen molar-refractivity contribution in [2.24, 2.45) is 4.99 Å². The Kier molecular flexibility index (Phi) is 24.6. The Morgan fingerprint density at radius 1 is 0.612 bits per heavy atom. The number of hydrogen-bond acceptors (Lipinski definition) is 7. The average Bonchev–Trinajstić information content (AvgIpc) is 3.17. The van der Waals surface area contributed by atoms with Crippen molar-refractivity contribution in [2.75, 3.05) is 19.4 Å². The molecule has 0 spiro atoms. The van der Waals surface area contributed by atoms with Gasteiger partial charge in [-0.1, -0.05) is 24.3 Å². The molecule has 0 atom stereocenters. The Labute approximate surface area is 366 Å². The molecule has 6 aromatic rings. The second kappa shape index (κ2) is 26.4. The molecule has 0 saturated heterocycles. The van der Waals surface area contributed by atoms with Gasteiger partial charge in [0.15, 0.2) is 0 Å². The van der Waals surface area contributed by atoms with Crippen LogP contribution in [0.25, 0.3) is 45.6 Å². The molecule has 0 fully saturated rings. The summed E-state index contributed by atoms with van der Waals surface area (Å²) in [4.78, 5) is 30.9. The van der Waals surface area contributed by atoms with Gasteiger partial charge in [0.1, 0.15) is 0 Å². The zero-order valence-electron chi connectivity index (χ0n) is 26.7. The van der Waals surface area contributed by atoms with E-state index in [0.717, 1.165) is 56.6 Å². The third kappa shape index (κ3) is 18.0. The molecule has 6 rings (SSSR count). The summed E-state index contributed by atoms with van der Waals surface area (Å²) < 4.78 is 0. The molecule has 0 unspecified atom stereocenters. The van der Waals surface area contributed by atoms with Crippen molar-refractivity contribution in [3.63, 3.8) is 0 Å². The van der Waals surface area contributed by atoms with Gasteiger partial charge in [-0.2, -0.15) is 0 Å². The normalized spacial score (nSPS) is 10.2. The van der Waals surface area contributed by atoms with Crippen LogP contribution in [0.15, 0.2) is 127 Å². The first kappa shape index (κ1) is 45.8. The van der Waals surface area contributed by atoms with E-state index in [1.807, 2.05) is 104 Å². The number of aromatic nitrogens is 6. The van der Waals surface area contributed by atoms with E-state index in [1.54, 1.807) is 50.6 Å². The Morgan fingerprint density at radius 2 is 0.959 bits per heavy atom. The van der Waals surface area contributed by atoms with Crippen LogP contribution in [0.2, 0.25) is 0 Å². The van der Waals surface area contributed by atoms with Crippen molar-refractivity contribution in [3.8, 4) is 45.6 Å². The van der Waals surface area contributed by atoms with Crippen molar-refractivity contribution in [3.05, 3.63) is 127 Å². The molecule has 0 aliphatic heterocycles. The van der Waals surface area contributed by atoms with Crippen molar-refractivity contribution < 1.29 is 30.7 Å². The number of rotatable bonds is 5. The second-order valence-electron chi connectivity index (χ2n) is 8.83. The second-order valence-corrected chi connectivity index (χ2v) is 28.5. The molecule has 6 aromatic heterocycles. The van der Waals surface area contributed by atoms with Gasteiger partial charge in [0.2, 0.25) is 0 Å². The summed E-state index contributed by atoms with van der Waals surface area (Å²) in [7, 11) is 28.3. The van der Waals surface area contributed by atoms with Crippen LogP contribution in [0.4, 0.5) is 5.69 Å². The summed E-state index contributed by atoms with van der Waals surface area (Å²) in [5, 5.41) is 4.01. The first-order valence-electron chi connectivity index (χ1n) is 14.3. The van der Waals surface area contributed by atoms with Crippen LogP contribution in [-0.2, 0) is 30.7 Å². The molecule has 1 N–H and O–H groups in total. The van der Waals surface area contributed by atoms with Gasteiger partial charge >= 0.3 is 141 Å². The van der Waals surface area contributed by atoms with E-state index in [1.165, 1.54) is 63.2 Å². The fourth-order valence-electron chi connectivity index (χ4n) is 3.90. The number of halogens is 5. The van der Waals surface area contributed by atoms with Gasteiger partial charge in [0.25, 0.3) is 0 Å². The van der Waals surface area contributed by atoms with Gasteiger partial charge in [-0.15, -0.1) is 11.4 Å². The molecule has 8 nitrogen and oxygen atoms in total. The van der Waals surface area contributed by atoms with Crippen LogP contribution < -0.4 is 15.7 Å². The standard InChI is InChI=1S/C16H14N4.C16H13N4.5ClH.2K.2Pt/c2*1-17-12-10-15(13-6-2-4-8-18-13)20-16(11-12)14-7-3-5-9-19-14;;;;;;;;;/h2-11H,1H3,(H,17,20);2-11H,1H3;5*1H;;;;/q;-1;;;;;;;;+2;+4/p-5. The molecule has 0 aliphatic carbocycles. The molecule has 0 radical (unpaired) electrons. The summed E-state index contributed by atoms with van der Waals surface area (Å²) in [6, 6.07) is 30.9. The predicted molar refractivity (Wildman–Crippen MR) is 199 cm³/mol. The quantitative estimate of drug-likeness (QED) is 0.174. The molecule has 0 saturated carbocycles. The van der Waals surface area contributed by atoms with Crippen LogP contribution >= 0.6 is 47.1 Å². The summed E-state index contributed by atoms with van der Waals surface area (Å²) >= 11 is 1.06. The molecule has 49 heavy (non-hydrogen) atoms. The molecule has 0 bridgehead atoms. The zero-order chi connectivity index (χ0) is 36.1. The fraction of sp³-hybridized carbons (Fsp3) is 0.0625. The summed E-state index contributed by atoms with van der Waals surface area (Å²) in [5.74, 6) is 0. The molecule has 0 aliphatic rings. The van der Waals surface area contributed by atoms with E-state index in [-0.39, 0.29) is 0 Å². The van der Waals surface area contributed by atoms with E-state index >= 15 is 0 Å². The average molecular weight is 1170 g/mol. The molecule has 0 aromatic carbocycles. The molecule has 0 amide bonds. The number of nitrogens with one attached hydrogen (secondary N) is 1. The van der Waals surface area contributed by atoms with Gasteiger partial charge < -0.3 is 10.3 Å². The molecule has 17 heteroatoms. The van der Waals surface area contributed by atoms with Gasteiger partial charge in [-0.25, -0.2) is 4.98 Å². The van der Waals surface area contributed by atoms with Gasteiger partial charge in [0.05, 0.1) is 28.1 Å². The molecule has 252 valence electrons. The summed E-state index contributed by atoms with van der Waals surface area (Å²) in [6.07, 6.45) is 7.05. The Bertz CT molecular complexity index is 1730. The van der Waals surface area contributed by atoms with Crippen molar-refractivity contribution in [1.29, 1.82) is 0 Å². The van der Waals surface area contributed by atoms with E-state index < -0.39 is 11.9 Å². The Hall–Kier alpha value is 0.599. The van der Waals surface area contributed by atoms with Crippen LogP contribution in [0.5, 0.6) is 0 Å². The maximum atomic E-state index is 5.01. The summed E-state index contributed by atoms with van der Waals surface area (Å²) in [6.45, 7) is 0. The van der Waals surface area contributed by atoms with Crippen molar-refractivity contribution in [1.82, 2.24) is 29.9 Å². The number of anilines is 1. The minimum absolute atomic E-state index is 0.800. The first-order valence-corrected chi connectivity index (χ1v) is 44.4.